The molecule has 2 aliphatic rings. The lowest BCUT2D eigenvalue weighted by Crippen LogP contribution is -2.44. The van der Waals surface area contributed by atoms with Gasteiger partial charge >= 0.3 is 0 Å². The van der Waals surface area contributed by atoms with Crippen LogP contribution in [0.15, 0.2) is 37.2 Å². The number of imidazole rings is 1. The molecule has 0 aliphatic heterocycles. The summed E-state index contributed by atoms with van der Waals surface area (Å²) in [6, 6.07) is 1.76. The Morgan fingerprint density at radius 1 is 1.42 bits per heavy atom. The number of rotatable bonds is 7. The van der Waals surface area contributed by atoms with Crippen molar-refractivity contribution in [1.29, 1.82) is 0 Å². The van der Waals surface area contributed by atoms with Crippen molar-refractivity contribution < 1.29 is 14.6 Å². The van der Waals surface area contributed by atoms with Crippen molar-refractivity contribution in [3.05, 3.63) is 42.7 Å². The average molecular weight is 356 g/mol. The molecule has 1 amide bonds. The Balaban J connectivity index is 1.52. The first-order chi connectivity index (χ1) is 12.6. The Hall–Kier alpha value is -2.41. The molecule has 2 aromatic heterocycles. The van der Waals surface area contributed by atoms with Gasteiger partial charge in [-0.3, -0.25) is 9.78 Å². The number of aliphatic hydroxyl groups is 1. The SMILES string of the molecule is COc1cncc([C@@H](NC(=O)C2(Cn3ccnc3)CC2)C2CC(O)C2)c1. The Morgan fingerprint density at radius 2 is 2.23 bits per heavy atom. The lowest BCUT2D eigenvalue weighted by atomic mass is 9.75. The van der Waals surface area contributed by atoms with Gasteiger partial charge in [-0.05, 0) is 43.2 Å². The van der Waals surface area contributed by atoms with Crippen molar-refractivity contribution in [2.45, 2.75) is 44.4 Å². The molecule has 7 heteroatoms. The van der Waals surface area contributed by atoms with Crippen LogP contribution in [0.3, 0.4) is 0 Å². The number of carbonyl (C=O) groups excluding carboxylic acids is 1. The number of amides is 1. The molecule has 0 spiro atoms. The summed E-state index contributed by atoms with van der Waals surface area (Å²) in [6.45, 7) is 0.648. The highest BCUT2D eigenvalue weighted by molar-refractivity contribution is 5.85. The Labute approximate surface area is 152 Å². The summed E-state index contributed by atoms with van der Waals surface area (Å²) in [5, 5.41) is 13.0. The van der Waals surface area contributed by atoms with Crippen molar-refractivity contribution in [3.8, 4) is 5.75 Å². The minimum absolute atomic E-state index is 0.0698. The summed E-state index contributed by atoms with van der Waals surface area (Å²) in [5.74, 6) is 0.952. The van der Waals surface area contributed by atoms with Crippen LogP contribution in [0, 0.1) is 11.3 Å². The van der Waals surface area contributed by atoms with Gasteiger partial charge in [0, 0.05) is 25.1 Å². The van der Waals surface area contributed by atoms with E-state index in [1.807, 2.05) is 16.8 Å². The van der Waals surface area contributed by atoms with Gasteiger partial charge in [-0.2, -0.15) is 0 Å². The fourth-order valence-electron chi connectivity index (χ4n) is 3.72. The van der Waals surface area contributed by atoms with Crippen LogP contribution in [0.5, 0.6) is 5.75 Å². The number of methoxy groups -OCH3 is 1. The van der Waals surface area contributed by atoms with Crippen LogP contribution in [-0.2, 0) is 11.3 Å². The number of carbonyl (C=O) groups is 1. The number of hydrogen-bond donors (Lipinski definition) is 2. The average Bonchev–Trinajstić information content (AvgIpc) is 3.23. The van der Waals surface area contributed by atoms with E-state index in [-0.39, 0.29) is 29.4 Å². The second-order valence-electron chi connectivity index (χ2n) is 7.51. The van der Waals surface area contributed by atoms with Crippen molar-refractivity contribution in [2.24, 2.45) is 11.3 Å². The molecule has 26 heavy (non-hydrogen) atoms. The van der Waals surface area contributed by atoms with Crippen molar-refractivity contribution in [3.63, 3.8) is 0 Å². The molecule has 138 valence electrons. The van der Waals surface area contributed by atoms with Crippen LogP contribution in [0.25, 0.3) is 0 Å². The molecule has 2 heterocycles. The van der Waals surface area contributed by atoms with Gasteiger partial charge in [-0.15, -0.1) is 0 Å². The number of ether oxygens (including phenoxy) is 1. The highest BCUT2D eigenvalue weighted by Gasteiger charge is 2.51. The summed E-state index contributed by atoms with van der Waals surface area (Å²) in [5.41, 5.74) is 0.571. The first kappa shape index (κ1) is 17.0. The molecule has 0 radical (unpaired) electrons. The zero-order chi connectivity index (χ0) is 18.1. The van der Waals surface area contributed by atoms with E-state index in [9.17, 15) is 9.90 Å². The Kier molecular flexibility index (Phi) is 4.40. The number of hydrogen-bond acceptors (Lipinski definition) is 5. The number of pyridine rings is 1. The van der Waals surface area contributed by atoms with E-state index in [1.54, 1.807) is 32.0 Å². The molecule has 0 aromatic carbocycles. The zero-order valence-electron chi connectivity index (χ0n) is 14.8. The van der Waals surface area contributed by atoms with Crippen LogP contribution in [-0.4, -0.2) is 38.8 Å². The number of nitrogens with one attached hydrogen (secondary N) is 1. The van der Waals surface area contributed by atoms with Gasteiger partial charge < -0.3 is 19.7 Å². The van der Waals surface area contributed by atoms with E-state index in [1.165, 1.54) is 0 Å². The van der Waals surface area contributed by atoms with Crippen LogP contribution >= 0.6 is 0 Å². The molecule has 2 aliphatic carbocycles. The van der Waals surface area contributed by atoms with E-state index >= 15 is 0 Å². The fourth-order valence-corrected chi connectivity index (χ4v) is 3.72. The Morgan fingerprint density at radius 3 is 2.85 bits per heavy atom. The number of aliphatic hydroxyl groups excluding tert-OH is 1. The highest BCUT2D eigenvalue weighted by Crippen LogP contribution is 2.48. The van der Waals surface area contributed by atoms with E-state index < -0.39 is 0 Å². The minimum atomic E-state index is -0.354. The molecular formula is C19H24N4O3. The summed E-state index contributed by atoms with van der Waals surface area (Å²) >= 11 is 0. The third-order valence-electron chi connectivity index (χ3n) is 5.62. The molecule has 2 aromatic rings. The van der Waals surface area contributed by atoms with Gasteiger partial charge in [0.25, 0.3) is 0 Å². The molecule has 2 saturated carbocycles. The second kappa shape index (κ2) is 6.72. The predicted molar refractivity (Wildman–Crippen MR) is 94.3 cm³/mol. The van der Waals surface area contributed by atoms with E-state index in [0.29, 0.717) is 25.1 Å². The third kappa shape index (κ3) is 3.31. The molecule has 2 N–H and O–H groups in total. The van der Waals surface area contributed by atoms with Crippen molar-refractivity contribution >= 4 is 5.91 Å². The van der Waals surface area contributed by atoms with E-state index in [4.69, 9.17) is 4.74 Å². The van der Waals surface area contributed by atoms with Crippen LogP contribution < -0.4 is 10.1 Å². The third-order valence-corrected chi connectivity index (χ3v) is 5.62. The second-order valence-corrected chi connectivity index (χ2v) is 7.51. The lowest BCUT2D eigenvalue weighted by Gasteiger charge is -2.38. The van der Waals surface area contributed by atoms with E-state index in [2.05, 4.69) is 15.3 Å². The standard InChI is InChI=1S/C19H24N4O3/c1-26-16-8-14(9-21-10-16)17(13-6-15(24)7-13)22-18(25)19(2-3-19)11-23-5-4-20-12-23/h4-5,8-10,12-13,15,17,24H,2-3,6-7,11H2,1H3,(H,22,25)/t13?,15?,17-/m0/s1. The zero-order valence-corrected chi connectivity index (χ0v) is 14.8. The van der Waals surface area contributed by atoms with Crippen molar-refractivity contribution in [2.75, 3.05) is 7.11 Å². The van der Waals surface area contributed by atoms with Crippen LogP contribution in [0.4, 0.5) is 0 Å². The fraction of sp³-hybridized carbons (Fsp3) is 0.526. The van der Waals surface area contributed by atoms with E-state index in [0.717, 1.165) is 18.4 Å². The largest absolute Gasteiger partial charge is 0.495 e. The summed E-state index contributed by atoms with van der Waals surface area (Å²) in [7, 11) is 1.60. The van der Waals surface area contributed by atoms with Gasteiger partial charge in [0.1, 0.15) is 5.75 Å². The van der Waals surface area contributed by atoms with Gasteiger partial charge in [-0.25, -0.2) is 4.98 Å². The first-order valence-corrected chi connectivity index (χ1v) is 9.03. The van der Waals surface area contributed by atoms with Crippen LogP contribution in [0.2, 0.25) is 0 Å². The molecule has 0 unspecified atom stereocenters. The summed E-state index contributed by atoms with van der Waals surface area (Å²) in [4.78, 5) is 21.4. The Bertz CT molecular complexity index is 767. The maximum atomic E-state index is 13.1. The van der Waals surface area contributed by atoms with Crippen LogP contribution in [0.1, 0.15) is 37.3 Å². The van der Waals surface area contributed by atoms with Gasteiger partial charge in [0.2, 0.25) is 5.91 Å². The number of nitrogens with zero attached hydrogens (tertiary/aromatic N) is 3. The predicted octanol–water partition coefficient (Wildman–Crippen LogP) is 1.70. The maximum absolute atomic E-state index is 13.1. The number of aromatic nitrogens is 3. The summed E-state index contributed by atoms with van der Waals surface area (Å²) < 4.78 is 7.24. The quantitative estimate of drug-likeness (QED) is 0.788. The molecule has 0 saturated heterocycles. The highest BCUT2D eigenvalue weighted by atomic mass is 16.5. The molecular weight excluding hydrogens is 332 g/mol. The summed E-state index contributed by atoms with van der Waals surface area (Å²) in [6.07, 6.45) is 11.7. The maximum Gasteiger partial charge on any atom is 0.228 e. The molecule has 4 rings (SSSR count). The smallest absolute Gasteiger partial charge is 0.228 e. The van der Waals surface area contributed by atoms with Crippen molar-refractivity contribution in [1.82, 2.24) is 19.9 Å². The van der Waals surface area contributed by atoms with Gasteiger partial charge in [0.15, 0.2) is 0 Å². The normalized spacial score (nSPS) is 24.4. The monoisotopic (exact) mass is 356 g/mol. The lowest BCUT2D eigenvalue weighted by molar-refractivity contribution is -0.128. The van der Waals surface area contributed by atoms with Gasteiger partial charge in [-0.1, -0.05) is 0 Å². The molecule has 0 bridgehead atoms. The minimum Gasteiger partial charge on any atom is -0.495 e. The first-order valence-electron chi connectivity index (χ1n) is 9.03. The molecule has 2 fully saturated rings. The van der Waals surface area contributed by atoms with Gasteiger partial charge in [0.05, 0.1) is 37.2 Å². The molecule has 1 atom stereocenters. The molecule has 7 nitrogen and oxygen atoms in total. The topological polar surface area (TPSA) is 89.3 Å².